The number of nitro groups is 1. The smallest absolute Gasteiger partial charge is 0.407 e. The molecule has 0 spiro atoms. The number of likely N-dealkylation sites (tertiary alicyclic amines) is 1. The molecule has 3 rings (SSSR count). The van der Waals surface area contributed by atoms with Gasteiger partial charge in [-0.25, -0.2) is 18.4 Å². The zero-order valence-electron chi connectivity index (χ0n) is 14.2. The summed E-state index contributed by atoms with van der Waals surface area (Å²) >= 11 is 0. The molecule has 0 saturated carbocycles. The highest BCUT2D eigenvalue weighted by Crippen LogP contribution is 2.35. The molecule has 8 nitrogen and oxygen atoms in total. The quantitative estimate of drug-likeness (QED) is 0.484. The molecule has 10 heteroatoms. The van der Waals surface area contributed by atoms with Gasteiger partial charge in [-0.3, -0.25) is 15.0 Å². The molecule has 2 atom stereocenters. The Bertz CT molecular complexity index is 934. The number of amides is 1. The van der Waals surface area contributed by atoms with E-state index in [1.807, 2.05) is 0 Å². The largest absolute Gasteiger partial charge is 0.465 e. The Kier molecular flexibility index (Phi) is 5.21. The molecule has 0 aliphatic carbocycles. The van der Waals surface area contributed by atoms with Gasteiger partial charge in [-0.05, 0) is 30.3 Å². The Balaban J connectivity index is 1.76. The monoisotopic (exact) mass is 392 g/mol. The van der Waals surface area contributed by atoms with Crippen molar-refractivity contribution in [1.82, 2.24) is 4.90 Å². The number of carboxylic acid groups (broad SMARTS) is 1. The summed E-state index contributed by atoms with van der Waals surface area (Å²) in [7, 11) is 0. The lowest BCUT2D eigenvalue weighted by Gasteiger charge is -2.21. The first-order valence-electron chi connectivity index (χ1n) is 8.16. The van der Waals surface area contributed by atoms with Gasteiger partial charge in [0.15, 0.2) is 0 Å². The van der Waals surface area contributed by atoms with E-state index < -0.39 is 40.8 Å². The van der Waals surface area contributed by atoms with Gasteiger partial charge in [0.05, 0.1) is 23.1 Å². The number of nitrogens with zero attached hydrogens (tertiary/aromatic N) is 2. The summed E-state index contributed by atoms with van der Waals surface area (Å²) in [6.45, 7) is -0.214. The van der Waals surface area contributed by atoms with Crippen LogP contribution in [0.25, 0.3) is 0 Å². The van der Waals surface area contributed by atoms with Gasteiger partial charge in [0, 0.05) is 24.1 Å². The van der Waals surface area contributed by atoms with Crippen molar-refractivity contribution in [2.45, 2.75) is 18.6 Å². The zero-order chi connectivity index (χ0) is 20.4. The van der Waals surface area contributed by atoms with Crippen LogP contribution in [0.5, 0.6) is 0 Å². The van der Waals surface area contributed by atoms with Gasteiger partial charge in [0.2, 0.25) is 0 Å². The fourth-order valence-corrected chi connectivity index (χ4v) is 3.10. The molecule has 0 radical (unpaired) electrons. The number of carbonyl (C=O) groups excluding carboxylic acids is 1. The van der Waals surface area contributed by atoms with Crippen molar-refractivity contribution in [3.05, 3.63) is 75.3 Å². The summed E-state index contributed by atoms with van der Waals surface area (Å²) in [5, 5.41) is 20.0. The van der Waals surface area contributed by atoms with E-state index >= 15 is 0 Å². The molecule has 1 aliphatic rings. The highest BCUT2D eigenvalue weighted by atomic mass is 19.1. The van der Waals surface area contributed by atoms with Crippen LogP contribution in [0.1, 0.15) is 28.4 Å². The molecule has 2 aromatic rings. The zero-order valence-corrected chi connectivity index (χ0v) is 14.2. The average molecular weight is 392 g/mol. The second kappa shape index (κ2) is 7.59. The predicted octanol–water partition coefficient (Wildman–Crippen LogP) is 3.52. The highest BCUT2D eigenvalue weighted by molar-refractivity contribution is 5.89. The minimum Gasteiger partial charge on any atom is -0.465 e. The first kappa shape index (κ1) is 19.2. The molecule has 1 N–H and O–H groups in total. The summed E-state index contributed by atoms with van der Waals surface area (Å²) in [5.74, 6) is -2.28. The Morgan fingerprint density at radius 3 is 2.46 bits per heavy atom. The molecular formula is C18H14F2N2O6. The Hall–Kier alpha value is -3.56. The second-order valence-corrected chi connectivity index (χ2v) is 6.18. The van der Waals surface area contributed by atoms with Crippen molar-refractivity contribution < 1.29 is 33.1 Å². The Labute approximate surface area is 157 Å². The van der Waals surface area contributed by atoms with Gasteiger partial charge < -0.3 is 9.84 Å². The first-order chi connectivity index (χ1) is 13.3. The summed E-state index contributed by atoms with van der Waals surface area (Å²) in [6, 6.07) is 6.44. The number of ether oxygens (including phenoxy) is 1. The average Bonchev–Trinajstić information content (AvgIpc) is 3.07. The van der Waals surface area contributed by atoms with Crippen molar-refractivity contribution in [1.29, 1.82) is 0 Å². The van der Waals surface area contributed by atoms with Crippen molar-refractivity contribution in [3.8, 4) is 0 Å². The number of nitro benzene ring substituents is 1. The van der Waals surface area contributed by atoms with Crippen molar-refractivity contribution in [2.24, 2.45) is 0 Å². The molecule has 0 aromatic heterocycles. The molecule has 2 aromatic carbocycles. The van der Waals surface area contributed by atoms with Gasteiger partial charge >= 0.3 is 12.1 Å². The molecule has 1 amide bonds. The molecule has 1 aliphatic heterocycles. The number of carbonyl (C=O) groups is 2. The molecule has 0 bridgehead atoms. The predicted molar refractivity (Wildman–Crippen MR) is 90.7 cm³/mol. The number of halogens is 2. The molecular weight excluding hydrogens is 378 g/mol. The lowest BCUT2D eigenvalue weighted by Crippen LogP contribution is -2.31. The molecule has 0 unspecified atom stereocenters. The molecule has 1 saturated heterocycles. The van der Waals surface area contributed by atoms with Crippen LogP contribution in [0.4, 0.5) is 19.3 Å². The third kappa shape index (κ3) is 3.90. The normalized spacial score (nSPS) is 18.7. The van der Waals surface area contributed by atoms with Crippen LogP contribution in [-0.4, -0.2) is 39.6 Å². The highest BCUT2D eigenvalue weighted by Gasteiger charge is 2.39. The van der Waals surface area contributed by atoms with Gasteiger partial charge in [0.1, 0.15) is 17.7 Å². The molecule has 146 valence electrons. The van der Waals surface area contributed by atoms with Crippen LogP contribution in [0.2, 0.25) is 0 Å². The van der Waals surface area contributed by atoms with Crippen LogP contribution >= 0.6 is 0 Å². The lowest BCUT2D eigenvalue weighted by atomic mass is 10.0. The number of esters is 1. The van der Waals surface area contributed by atoms with Crippen molar-refractivity contribution in [2.75, 3.05) is 6.54 Å². The third-order valence-electron chi connectivity index (χ3n) is 4.41. The van der Waals surface area contributed by atoms with Gasteiger partial charge in [-0.2, -0.15) is 0 Å². The van der Waals surface area contributed by atoms with Crippen LogP contribution < -0.4 is 0 Å². The fraction of sp³-hybridized carbons (Fsp3) is 0.222. The minimum atomic E-state index is -1.36. The summed E-state index contributed by atoms with van der Waals surface area (Å²) in [4.78, 5) is 34.6. The SMILES string of the molecule is O=C(O[C@H]1C[C@H](c2cc(F)ccc2F)N(C(=O)O)C1)c1ccc([N+](=O)[O-])cc1. The number of rotatable bonds is 4. The van der Waals surface area contributed by atoms with E-state index in [-0.39, 0.29) is 29.8 Å². The van der Waals surface area contributed by atoms with E-state index in [1.165, 1.54) is 12.1 Å². The van der Waals surface area contributed by atoms with E-state index in [4.69, 9.17) is 4.74 Å². The van der Waals surface area contributed by atoms with E-state index in [2.05, 4.69) is 0 Å². The summed E-state index contributed by atoms with van der Waals surface area (Å²) in [6.07, 6.45) is -2.29. The van der Waals surface area contributed by atoms with E-state index in [9.17, 15) is 33.6 Å². The topological polar surface area (TPSA) is 110 Å². The number of benzene rings is 2. The van der Waals surface area contributed by atoms with Crippen LogP contribution in [0.15, 0.2) is 42.5 Å². The van der Waals surface area contributed by atoms with Crippen molar-refractivity contribution >= 4 is 17.7 Å². The van der Waals surface area contributed by atoms with Crippen LogP contribution in [0.3, 0.4) is 0 Å². The number of hydrogen-bond donors (Lipinski definition) is 1. The van der Waals surface area contributed by atoms with Crippen LogP contribution in [0, 0.1) is 21.7 Å². The fourth-order valence-electron chi connectivity index (χ4n) is 3.10. The summed E-state index contributed by atoms with van der Waals surface area (Å²) < 4.78 is 32.8. The maximum atomic E-state index is 14.1. The Morgan fingerprint density at radius 2 is 1.86 bits per heavy atom. The number of hydrogen-bond acceptors (Lipinski definition) is 5. The third-order valence-corrected chi connectivity index (χ3v) is 4.41. The van der Waals surface area contributed by atoms with Gasteiger partial charge in [-0.1, -0.05) is 0 Å². The molecule has 28 heavy (non-hydrogen) atoms. The molecule has 1 fully saturated rings. The van der Waals surface area contributed by atoms with Crippen molar-refractivity contribution in [3.63, 3.8) is 0 Å². The second-order valence-electron chi connectivity index (χ2n) is 6.18. The standard InChI is InChI=1S/C18H14F2N2O6/c19-11-3-6-15(20)14(7-11)16-8-13(9-21(16)18(24)25)28-17(23)10-1-4-12(5-2-10)22(26)27/h1-7,13,16H,8-9H2,(H,24,25)/t13-,16+/m0/s1. The van der Waals surface area contributed by atoms with Gasteiger partial charge in [-0.15, -0.1) is 0 Å². The van der Waals surface area contributed by atoms with E-state index in [1.54, 1.807) is 0 Å². The van der Waals surface area contributed by atoms with Gasteiger partial charge in [0.25, 0.3) is 5.69 Å². The number of non-ortho nitro benzene ring substituents is 1. The Morgan fingerprint density at radius 1 is 1.18 bits per heavy atom. The minimum absolute atomic E-state index is 0.0489. The van der Waals surface area contributed by atoms with Crippen LogP contribution in [-0.2, 0) is 4.74 Å². The van der Waals surface area contributed by atoms with E-state index in [0.29, 0.717) is 0 Å². The maximum absolute atomic E-state index is 14.1. The van der Waals surface area contributed by atoms with E-state index in [0.717, 1.165) is 35.2 Å². The maximum Gasteiger partial charge on any atom is 0.407 e. The molecule has 1 heterocycles. The lowest BCUT2D eigenvalue weighted by molar-refractivity contribution is -0.384. The first-order valence-corrected chi connectivity index (χ1v) is 8.16. The summed E-state index contributed by atoms with van der Waals surface area (Å²) in [5.41, 5.74) is -0.291.